The first-order valence-electron chi connectivity index (χ1n) is 5.79. The van der Waals surface area contributed by atoms with Gasteiger partial charge in [-0.05, 0) is 31.0 Å². The Hall–Kier alpha value is -1.75. The van der Waals surface area contributed by atoms with Crippen molar-refractivity contribution in [3.63, 3.8) is 0 Å². The Kier molecular flexibility index (Phi) is 3.17. The topological polar surface area (TPSA) is 56.7 Å². The van der Waals surface area contributed by atoms with Crippen molar-refractivity contribution in [3.05, 3.63) is 47.0 Å². The molecule has 0 saturated heterocycles. The number of aromatic nitrogens is 3. The lowest BCUT2D eigenvalue weighted by molar-refractivity contribution is 0.479. The summed E-state index contributed by atoms with van der Waals surface area (Å²) >= 11 is 0. The van der Waals surface area contributed by atoms with Crippen molar-refractivity contribution in [2.75, 3.05) is 0 Å². The predicted molar refractivity (Wildman–Crippen MR) is 67.4 cm³/mol. The first-order chi connectivity index (χ1) is 8.38. The van der Waals surface area contributed by atoms with Gasteiger partial charge in [-0.25, -0.2) is 4.39 Å². The average Bonchev–Trinajstić information content (AvgIpc) is 2.67. The van der Waals surface area contributed by atoms with Crippen LogP contribution in [0.25, 0.3) is 0 Å². The molecule has 18 heavy (non-hydrogen) atoms. The first-order valence-corrected chi connectivity index (χ1v) is 5.79. The van der Waals surface area contributed by atoms with E-state index in [1.165, 1.54) is 6.07 Å². The van der Waals surface area contributed by atoms with Crippen molar-refractivity contribution in [2.24, 2.45) is 12.8 Å². The number of nitrogens with zero attached hydrogens (tertiary/aromatic N) is 3. The van der Waals surface area contributed by atoms with Crippen molar-refractivity contribution < 1.29 is 4.39 Å². The number of rotatable bonds is 3. The highest BCUT2D eigenvalue weighted by Crippen LogP contribution is 2.23. The standard InChI is InChI=1S/C13H17FN4/c1-9-4-5-10(6-12(9)14)13(2,15)7-11-8-18(3)17-16-11/h4-6,8H,7,15H2,1-3H3. The summed E-state index contributed by atoms with van der Waals surface area (Å²) in [4.78, 5) is 0. The van der Waals surface area contributed by atoms with Gasteiger partial charge in [-0.2, -0.15) is 0 Å². The van der Waals surface area contributed by atoms with Gasteiger partial charge in [0.15, 0.2) is 0 Å². The smallest absolute Gasteiger partial charge is 0.126 e. The molecular formula is C13H17FN4. The summed E-state index contributed by atoms with van der Waals surface area (Å²) < 4.78 is 15.2. The van der Waals surface area contributed by atoms with Gasteiger partial charge in [0.25, 0.3) is 0 Å². The molecule has 2 rings (SSSR count). The fourth-order valence-electron chi connectivity index (χ4n) is 1.90. The molecule has 0 amide bonds. The molecule has 96 valence electrons. The maximum atomic E-state index is 13.6. The molecule has 1 unspecified atom stereocenters. The molecule has 5 heteroatoms. The average molecular weight is 248 g/mol. The largest absolute Gasteiger partial charge is 0.321 e. The van der Waals surface area contributed by atoms with Crippen LogP contribution in [-0.2, 0) is 19.0 Å². The van der Waals surface area contributed by atoms with Crippen molar-refractivity contribution in [1.82, 2.24) is 15.0 Å². The highest BCUT2D eigenvalue weighted by atomic mass is 19.1. The Balaban J connectivity index is 2.26. The zero-order valence-corrected chi connectivity index (χ0v) is 10.8. The molecule has 0 aliphatic heterocycles. The van der Waals surface area contributed by atoms with Gasteiger partial charge in [-0.15, -0.1) is 5.10 Å². The number of hydrogen-bond acceptors (Lipinski definition) is 3. The van der Waals surface area contributed by atoms with E-state index in [4.69, 9.17) is 5.73 Å². The van der Waals surface area contributed by atoms with Gasteiger partial charge in [-0.3, -0.25) is 4.68 Å². The molecule has 0 fully saturated rings. The summed E-state index contributed by atoms with van der Waals surface area (Å²) in [5, 5.41) is 7.87. The molecule has 2 aromatic rings. The van der Waals surface area contributed by atoms with Gasteiger partial charge >= 0.3 is 0 Å². The summed E-state index contributed by atoms with van der Waals surface area (Å²) in [7, 11) is 1.80. The Bertz CT molecular complexity index is 560. The SMILES string of the molecule is Cc1ccc(C(C)(N)Cc2cn(C)nn2)cc1F. The molecule has 0 aliphatic carbocycles. The summed E-state index contributed by atoms with van der Waals surface area (Å²) in [5.74, 6) is -0.233. The van der Waals surface area contributed by atoms with Crippen LogP contribution in [0.4, 0.5) is 4.39 Å². The van der Waals surface area contributed by atoms with Gasteiger partial charge in [0, 0.05) is 25.2 Å². The molecule has 0 bridgehead atoms. The molecule has 1 heterocycles. The van der Waals surface area contributed by atoms with Crippen LogP contribution >= 0.6 is 0 Å². The number of aryl methyl sites for hydroxylation is 2. The third kappa shape index (κ3) is 2.56. The molecule has 0 saturated carbocycles. The van der Waals surface area contributed by atoms with E-state index in [-0.39, 0.29) is 5.82 Å². The maximum absolute atomic E-state index is 13.6. The van der Waals surface area contributed by atoms with Gasteiger partial charge in [0.05, 0.1) is 5.69 Å². The molecule has 2 N–H and O–H groups in total. The predicted octanol–water partition coefficient (Wildman–Crippen LogP) is 1.68. The van der Waals surface area contributed by atoms with Crippen molar-refractivity contribution in [1.29, 1.82) is 0 Å². The lowest BCUT2D eigenvalue weighted by Gasteiger charge is -2.24. The fourth-order valence-corrected chi connectivity index (χ4v) is 1.90. The van der Waals surface area contributed by atoms with E-state index in [0.717, 1.165) is 11.3 Å². The summed E-state index contributed by atoms with van der Waals surface area (Å²) in [6.45, 7) is 3.60. The maximum Gasteiger partial charge on any atom is 0.126 e. The summed E-state index contributed by atoms with van der Waals surface area (Å²) in [5.41, 5.74) is 7.77. The van der Waals surface area contributed by atoms with Crippen LogP contribution < -0.4 is 5.73 Å². The van der Waals surface area contributed by atoms with Crippen LogP contribution in [0.2, 0.25) is 0 Å². The molecule has 1 aromatic heterocycles. The van der Waals surface area contributed by atoms with Gasteiger partial charge in [0.2, 0.25) is 0 Å². The Labute approximate surface area is 106 Å². The van der Waals surface area contributed by atoms with E-state index in [1.807, 2.05) is 19.2 Å². The van der Waals surface area contributed by atoms with Crippen molar-refractivity contribution >= 4 is 0 Å². The molecular weight excluding hydrogens is 231 g/mol. The van der Waals surface area contributed by atoms with E-state index < -0.39 is 5.54 Å². The zero-order valence-electron chi connectivity index (χ0n) is 10.8. The minimum atomic E-state index is -0.662. The molecule has 0 radical (unpaired) electrons. The zero-order chi connectivity index (χ0) is 13.3. The van der Waals surface area contributed by atoms with Gasteiger partial charge in [0.1, 0.15) is 5.82 Å². The number of halogens is 1. The monoisotopic (exact) mass is 248 g/mol. The van der Waals surface area contributed by atoms with Crippen LogP contribution in [0.3, 0.4) is 0 Å². The van der Waals surface area contributed by atoms with Crippen LogP contribution in [0, 0.1) is 12.7 Å². The van der Waals surface area contributed by atoms with Crippen LogP contribution in [-0.4, -0.2) is 15.0 Å². The van der Waals surface area contributed by atoms with Gasteiger partial charge < -0.3 is 5.73 Å². The first kappa shape index (κ1) is 12.7. The third-order valence-electron chi connectivity index (χ3n) is 3.03. The Morgan fingerprint density at radius 3 is 2.72 bits per heavy atom. The number of nitrogens with two attached hydrogens (primary N) is 1. The molecule has 1 atom stereocenters. The van der Waals surface area contributed by atoms with Gasteiger partial charge in [-0.1, -0.05) is 17.3 Å². The second-order valence-electron chi connectivity index (χ2n) is 4.94. The molecule has 0 aliphatic rings. The minimum absolute atomic E-state index is 0.233. The highest BCUT2D eigenvalue weighted by Gasteiger charge is 2.24. The minimum Gasteiger partial charge on any atom is -0.321 e. The quantitative estimate of drug-likeness (QED) is 0.899. The van der Waals surface area contributed by atoms with Crippen molar-refractivity contribution in [3.8, 4) is 0 Å². The number of benzene rings is 1. The second kappa shape index (κ2) is 4.49. The van der Waals surface area contributed by atoms with Crippen LogP contribution in [0.15, 0.2) is 24.4 Å². The molecule has 1 aromatic carbocycles. The summed E-state index contributed by atoms with van der Waals surface area (Å²) in [6, 6.07) is 5.09. The fraction of sp³-hybridized carbons (Fsp3) is 0.385. The lowest BCUT2D eigenvalue weighted by Crippen LogP contribution is -2.35. The van der Waals surface area contributed by atoms with Crippen molar-refractivity contribution in [2.45, 2.75) is 25.8 Å². The van der Waals surface area contributed by atoms with E-state index in [0.29, 0.717) is 12.0 Å². The van der Waals surface area contributed by atoms with E-state index in [1.54, 1.807) is 24.7 Å². The molecule has 0 spiro atoms. The second-order valence-corrected chi connectivity index (χ2v) is 4.94. The molecule has 4 nitrogen and oxygen atoms in total. The van der Waals surface area contributed by atoms with Crippen LogP contribution in [0.5, 0.6) is 0 Å². The summed E-state index contributed by atoms with van der Waals surface area (Å²) in [6.07, 6.45) is 2.33. The van der Waals surface area contributed by atoms with Crippen LogP contribution in [0.1, 0.15) is 23.7 Å². The Morgan fingerprint density at radius 2 is 2.17 bits per heavy atom. The van der Waals surface area contributed by atoms with E-state index >= 15 is 0 Å². The third-order valence-corrected chi connectivity index (χ3v) is 3.03. The van der Waals surface area contributed by atoms with E-state index in [9.17, 15) is 4.39 Å². The normalized spacial score (nSPS) is 14.5. The Morgan fingerprint density at radius 1 is 1.44 bits per heavy atom. The highest BCUT2D eigenvalue weighted by molar-refractivity contribution is 5.29. The lowest BCUT2D eigenvalue weighted by atomic mass is 9.88. The van der Waals surface area contributed by atoms with E-state index in [2.05, 4.69) is 10.3 Å². The number of hydrogen-bond donors (Lipinski definition) is 1.